The van der Waals surface area contributed by atoms with Gasteiger partial charge in [-0.15, -0.1) is 0 Å². The molecule has 12 heteroatoms. The SMILES string of the molecule is C[C@@H](O)[C@@H](C)Nc1nc(Nc2cc(Cl)c(S(N)(=O)=O)c(CO)c2)ncc1Br. The van der Waals surface area contributed by atoms with Gasteiger partial charge in [-0.25, -0.2) is 18.5 Å². The largest absolute Gasteiger partial charge is 0.392 e. The lowest BCUT2D eigenvalue weighted by molar-refractivity contribution is 0.177. The van der Waals surface area contributed by atoms with E-state index < -0.39 is 22.7 Å². The Bertz CT molecular complexity index is 942. The Labute approximate surface area is 170 Å². The number of benzene rings is 1. The summed E-state index contributed by atoms with van der Waals surface area (Å²) >= 11 is 9.35. The van der Waals surface area contributed by atoms with E-state index in [2.05, 4.69) is 36.5 Å². The Balaban J connectivity index is 2.36. The number of hydrogen-bond donors (Lipinski definition) is 5. The maximum atomic E-state index is 11.6. The summed E-state index contributed by atoms with van der Waals surface area (Å²) in [5.74, 6) is 0.650. The number of hydrogen-bond acceptors (Lipinski definition) is 8. The maximum absolute atomic E-state index is 11.6. The van der Waals surface area contributed by atoms with E-state index in [0.29, 0.717) is 16.0 Å². The van der Waals surface area contributed by atoms with E-state index in [1.807, 2.05) is 0 Å². The predicted octanol–water partition coefficient (Wildman–Crippen LogP) is 1.96. The molecule has 1 aromatic carbocycles. The molecule has 148 valence electrons. The zero-order chi connectivity index (χ0) is 20.4. The minimum Gasteiger partial charge on any atom is -0.392 e. The first-order chi connectivity index (χ1) is 12.5. The van der Waals surface area contributed by atoms with Crippen molar-refractivity contribution in [3.8, 4) is 0 Å². The van der Waals surface area contributed by atoms with Gasteiger partial charge in [0.1, 0.15) is 10.7 Å². The number of anilines is 3. The molecule has 0 unspecified atom stereocenters. The quantitative estimate of drug-likeness (QED) is 0.403. The van der Waals surface area contributed by atoms with Crippen LogP contribution in [0.25, 0.3) is 0 Å². The monoisotopic (exact) mass is 479 g/mol. The molecule has 6 N–H and O–H groups in total. The number of nitrogens with two attached hydrogens (primary N) is 1. The van der Waals surface area contributed by atoms with Gasteiger partial charge in [-0.05, 0) is 41.9 Å². The number of aromatic nitrogens is 2. The van der Waals surface area contributed by atoms with Crippen molar-refractivity contribution in [3.05, 3.63) is 33.4 Å². The second kappa shape index (κ2) is 8.67. The van der Waals surface area contributed by atoms with Crippen LogP contribution in [0.1, 0.15) is 19.4 Å². The summed E-state index contributed by atoms with van der Waals surface area (Å²) in [5.41, 5.74) is 0.416. The highest BCUT2D eigenvalue weighted by atomic mass is 79.9. The average molecular weight is 481 g/mol. The summed E-state index contributed by atoms with van der Waals surface area (Å²) in [6.07, 6.45) is 0.916. The highest BCUT2D eigenvalue weighted by Crippen LogP contribution is 2.30. The summed E-state index contributed by atoms with van der Waals surface area (Å²) in [6, 6.07) is 2.48. The molecule has 27 heavy (non-hydrogen) atoms. The van der Waals surface area contributed by atoms with E-state index in [0.717, 1.165) is 0 Å². The Hall–Kier alpha value is -1.50. The fraction of sp³-hybridized carbons (Fsp3) is 0.333. The number of nitrogens with zero attached hydrogens (tertiary/aromatic N) is 2. The zero-order valence-corrected chi connectivity index (χ0v) is 17.6. The topological polar surface area (TPSA) is 150 Å². The van der Waals surface area contributed by atoms with E-state index in [-0.39, 0.29) is 27.5 Å². The molecule has 0 aliphatic heterocycles. The molecule has 9 nitrogen and oxygen atoms in total. The Morgan fingerprint density at radius 2 is 2.04 bits per heavy atom. The fourth-order valence-electron chi connectivity index (χ4n) is 2.15. The lowest BCUT2D eigenvalue weighted by Gasteiger charge is -2.18. The van der Waals surface area contributed by atoms with Crippen LogP contribution in [0.4, 0.5) is 17.5 Å². The predicted molar refractivity (Wildman–Crippen MR) is 107 cm³/mol. The lowest BCUT2D eigenvalue weighted by Crippen LogP contribution is -2.28. The second-order valence-corrected chi connectivity index (χ2v) is 8.60. The van der Waals surface area contributed by atoms with Crippen LogP contribution in [0.15, 0.2) is 27.7 Å². The van der Waals surface area contributed by atoms with Crippen LogP contribution in [-0.2, 0) is 16.6 Å². The molecule has 2 atom stereocenters. The van der Waals surface area contributed by atoms with Crippen LogP contribution in [0.2, 0.25) is 5.02 Å². The van der Waals surface area contributed by atoms with Crippen LogP contribution in [0, 0.1) is 0 Å². The van der Waals surface area contributed by atoms with Crippen molar-refractivity contribution < 1.29 is 18.6 Å². The van der Waals surface area contributed by atoms with Gasteiger partial charge in [0, 0.05) is 17.4 Å². The molecule has 0 bridgehead atoms. The molecule has 0 spiro atoms. The molecule has 0 saturated heterocycles. The van der Waals surface area contributed by atoms with Gasteiger partial charge in [0.05, 0.1) is 28.2 Å². The molecule has 0 amide bonds. The van der Waals surface area contributed by atoms with Crippen molar-refractivity contribution in [3.63, 3.8) is 0 Å². The standard InChI is InChI=1S/C15H19BrClN5O4S/c1-7(8(2)24)20-14-11(16)5-19-15(22-14)21-10-3-9(6-23)13(12(17)4-10)27(18,25)26/h3-5,7-8,23-24H,6H2,1-2H3,(H2,18,25,26)(H2,19,20,21,22)/t7-,8-/m1/s1. The normalized spacial score (nSPS) is 13.9. The van der Waals surface area contributed by atoms with Gasteiger partial charge in [-0.2, -0.15) is 4.98 Å². The highest BCUT2D eigenvalue weighted by molar-refractivity contribution is 9.10. The van der Waals surface area contributed by atoms with Gasteiger partial charge in [0.25, 0.3) is 0 Å². The molecule has 2 rings (SSSR count). The van der Waals surface area contributed by atoms with Gasteiger partial charge >= 0.3 is 0 Å². The Kier molecular flexibility index (Phi) is 7.00. The first kappa shape index (κ1) is 21.8. The van der Waals surface area contributed by atoms with Crippen molar-refractivity contribution in [2.24, 2.45) is 5.14 Å². The molecule has 0 radical (unpaired) electrons. The van der Waals surface area contributed by atoms with E-state index in [4.69, 9.17) is 16.7 Å². The van der Waals surface area contributed by atoms with Gasteiger partial charge in [-0.1, -0.05) is 11.6 Å². The highest BCUT2D eigenvalue weighted by Gasteiger charge is 2.20. The van der Waals surface area contributed by atoms with E-state index >= 15 is 0 Å². The van der Waals surface area contributed by atoms with Gasteiger partial charge < -0.3 is 20.8 Å². The van der Waals surface area contributed by atoms with Crippen molar-refractivity contribution in [2.45, 2.75) is 37.5 Å². The summed E-state index contributed by atoms with van der Waals surface area (Å²) in [4.78, 5) is 8.10. The summed E-state index contributed by atoms with van der Waals surface area (Å²) in [7, 11) is -4.09. The first-order valence-electron chi connectivity index (χ1n) is 7.73. The third kappa shape index (κ3) is 5.50. The van der Waals surface area contributed by atoms with Crippen molar-refractivity contribution in [1.29, 1.82) is 0 Å². The minimum absolute atomic E-state index is 0.0469. The molecular formula is C15H19BrClN5O4S. The lowest BCUT2D eigenvalue weighted by atomic mass is 10.2. The van der Waals surface area contributed by atoms with Gasteiger partial charge in [0.2, 0.25) is 16.0 Å². The number of halogens is 2. The van der Waals surface area contributed by atoms with Crippen LogP contribution < -0.4 is 15.8 Å². The van der Waals surface area contributed by atoms with Crippen LogP contribution in [0.3, 0.4) is 0 Å². The summed E-state index contributed by atoms with van der Waals surface area (Å²) < 4.78 is 23.9. The number of rotatable bonds is 7. The number of aliphatic hydroxyl groups excluding tert-OH is 2. The molecule has 0 aliphatic carbocycles. The molecule has 1 aromatic heterocycles. The van der Waals surface area contributed by atoms with Gasteiger partial charge in [0.15, 0.2) is 0 Å². The Morgan fingerprint density at radius 3 is 2.59 bits per heavy atom. The third-order valence-corrected chi connectivity index (χ3v) is 5.71. The number of primary sulfonamides is 1. The first-order valence-corrected chi connectivity index (χ1v) is 10.4. The molecular weight excluding hydrogens is 462 g/mol. The molecule has 0 saturated carbocycles. The third-order valence-electron chi connectivity index (χ3n) is 3.66. The van der Waals surface area contributed by atoms with Crippen LogP contribution >= 0.6 is 27.5 Å². The maximum Gasteiger partial charge on any atom is 0.239 e. The average Bonchev–Trinajstić information content (AvgIpc) is 2.55. The summed E-state index contributed by atoms with van der Waals surface area (Å²) in [6.45, 7) is 2.88. The zero-order valence-electron chi connectivity index (χ0n) is 14.4. The smallest absolute Gasteiger partial charge is 0.239 e. The van der Waals surface area contributed by atoms with E-state index in [1.54, 1.807) is 13.8 Å². The van der Waals surface area contributed by atoms with Crippen LogP contribution in [-0.4, -0.2) is 40.7 Å². The second-order valence-electron chi connectivity index (χ2n) is 5.84. The number of sulfonamides is 1. The minimum atomic E-state index is -4.09. The summed E-state index contributed by atoms with van der Waals surface area (Å²) in [5, 5.41) is 30.0. The van der Waals surface area contributed by atoms with E-state index in [9.17, 15) is 18.6 Å². The Morgan fingerprint density at radius 1 is 1.37 bits per heavy atom. The molecule has 1 heterocycles. The number of aliphatic hydroxyl groups is 2. The molecule has 0 aliphatic rings. The fourth-order valence-corrected chi connectivity index (χ4v) is 3.84. The number of nitrogens with one attached hydrogen (secondary N) is 2. The van der Waals surface area contributed by atoms with Crippen LogP contribution in [0.5, 0.6) is 0 Å². The van der Waals surface area contributed by atoms with Crippen molar-refractivity contribution >= 4 is 55.0 Å². The van der Waals surface area contributed by atoms with Gasteiger partial charge in [-0.3, -0.25) is 0 Å². The molecule has 0 fully saturated rings. The van der Waals surface area contributed by atoms with E-state index in [1.165, 1.54) is 18.3 Å². The van der Waals surface area contributed by atoms with Crippen molar-refractivity contribution in [2.75, 3.05) is 10.6 Å². The van der Waals surface area contributed by atoms with Crippen molar-refractivity contribution in [1.82, 2.24) is 9.97 Å². The molecule has 2 aromatic rings.